The van der Waals surface area contributed by atoms with Crippen LogP contribution in [-0.2, 0) is 13.6 Å². The molecule has 2 rings (SSSR count). The summed E-state index contributed by atoms with van der Waals surface area (Å²) in [5.74, 6) is 1.25. The van der Waals surface area contributed by atoms with Crippen LogP contribution in [-0.4, -0.2) is 37.2 Å². The van der Waals surface area contributed by atoms with Crippen molar-refractivity contribution in [3.05, 3.63) is 12.0 Å². The maximum absolute atomic E-state index is 5.94. The molecule has 0 aliphatic carbocycles. The molecule has 18 heavy (non-hydrogen) atoms. The van der Waals surface area contributed by atoms with Gasteiger partial charge in [0.15, 0.2) is 5.65 Å². The highest BCUT2D eigenvalue weighted by molar-refractivity contribution is 5.84. The highest BCUT2D eigenvalue weighted by Gasteiger charge is 2.13. The first-order valence-corrected chi connectivity index (χ1v) is 6.21. The lowest BCUT2D eigenvalue weighted by atomic mass is 10.3. The fourth-order valence-corrected chi connectivity index (χ4v) is 2.00. The van der Waals surface area contributed by atoms with Crippen molar-refractivity contribution in [3.63, 3.8) is 0 Å². The third-order valence-electron chi connectivity index (χ3n) is 3.15. The van der Waals surface area contributed by atoms with Crippen LogP contribution >= 0.6 is 0 Å². The van der Waals surface area contributed by atoms with Crippen LogP contribution in [0.3, 0.4) is 0 Å². The molecule has 0 fully saturated rings. The van der Waals surface area contributed by atoms with Gasteiger partial charge in [0.25, 0.3) is 0 Å². The maximum atomic E-state index is 5.94. The smallest absolute Gasteiger partial charge is 0.163 e. The number of nitrogens with zero attached hydrogens (tertiary/aromatic N) is 5. The molecule has 6 heteroatoms. The second-order valence-electron chi connectivity index (χ2n) is 4.69. The van der Waals surface area contributed by atoms with Gasteiger partial charge in [-0.15, -0.1) is 0 Å². The topological polar surface area (TPSA) is 72.9 Å². The molecule has 0 spiro atoms. The van der Waals surface area contributed by atoms with Gasteiger partial charge in [0.2, 0.25) is 0 Å². The zero-order valence-corrected chi connectivity index (χ0v) is 11.4. The number of hydrogen-bond donors (Lipinski definition) is 1. The Hall–Kier alpha value is -1.69. The lowest BCUT2D eigenvalue weighted by Gasteiger charge is -2.23. The predicted molar refractivity (Wildman–Crippen MR) is 71.9 cm³/mol. The first kappa shape index (κ1) is 12.8. The van der Waals surface area contributed by atoms with Crippen LogP contribution < -0.4 is 5.73 Å². The Morgan fingerprint density at radius 2 is 2.11 bits per heavy atom. The van der Waals surface area contributed by atoms with Gasteiger partial charge in [-0.25, -0.2) is 9.97 Å². The summed E-state index contributed by atoms with van der Waals surface area (Å²) in [6, 6.07) is 0.460. The Kier molecular flexibility index (Phi) is 3.47. The van der Waals surface area contributed by atoms with E-state index in [4.69, 9.17) is 5.73 Å². The third kappa shape index (κ3) is 2.28. The van der Waals surface area contributed by atoms with Gasteiger partial charge in [-0.05, 0) is 20.4 Å². The SMILES string of the molecule is CCN(Cc1nc(N)c2cnn(C)c2n1)C(C)C. The van der Waals surface area contributed by atoms with E-state index in [-0.39, 0.29) is 0 Å². The van der Waals surface area contributed by atoms with Crippen LogP contribution in [0.25, 0.3) is 11.0 Å². The molecule has 0 atom stereocenters. The quantitative estimate of drug-likeness (QED) is 0.879. The average molecular weight is 248 g/mol. The molecule has 2 N–H and O–H groups in total. The van der Waals surface area contributed by atoms with Crippen molar-refractivity contribution in [2.45, 2.75) is 33.4 Å². The molecule has 0 aromatic carbocycles. The Balaban J connectivity index is 2.36. The van der Waals surface area contributed by atoms with Crippen LogP contribution in [0.1, 0.15) is 26.6 Å². The lowest BCUT2D eigenvalue weighted by Crippen LogP contribution is -2.30. The van der Waals surface area contributed by atoms with Crippen LogP contribution in [0, 0.1) is 0 Å². The summed E-state index contributed by atoms with van der Waals surface area (Å²) in [6.45, 7) is 8.13. The lowest BCUT2D eigenvalue weighted by molar-refractivity contribution is 0.219. The van der Waals surface area contributed by atoms with E-state index in [1.54, 1.807) is 10.9 Å². The van der Waals surface area contributed by atoms with E-state index in [9.17, 15) is 0 Å². The minimum absolute atomic E-state index is 0.460. The Morgan fingerprint density at radius 3 is 2.72 bits per heavy atom. The summed E-state index contributed by atoms with van der Waals surface area (Å²) < 4.78 is 1.72. The number of aromatic nitrogens is 4. The number of fused-ring (bicyclic) bond motifs is 1. The van der Waals surface area contributed by atoms with Crippen LogP contribution in [0.4, 0.5) is 5.82 Å². The van der Waals surface area contributed by atoms with Crippen molar-refractivity contribution in [2.75, 3.05) is 12.3 Å². The number of anilines is 1. The molecule has 0 amide bonds. The Morgan fingerprint density at radius 1 is 1.39 bits per heavy atom. The average Bonchev–Trinajstić information content (AvgIpc) is 2.68. The van der Waals surface area contributed by atoms with Crippen molar-refractivity contribution in [1.29, 1.82) is 0 Å². The van der Waals surface area contributed by atoms with Crippen molar-refractivity contribution < 1.29 is 0 Å². The second kappa shape index (κ2) is 4.89. The van der Waals surface area contributed by atoms with E-state index in [0.717, 1.165) is 23.4 Å². The summed E-state index contributed by atoms with van der Waals surface area (Å²) in [5.41, 5.74) is 6.73. The molecule has 2 aromatic rings. The molecule has 0 radical (unpaired) electrons. The first-order valence-electron chi connectivity index (χ1n) is 6.21. The van der Waals surface area contributed by atoms with E-state index >= 15 is 0 Å². The molecular weight excluding hydrogens is 228 g/mol. The Bertz CT molecular complexity index is 545. The first-order chi connectivity index (χ1) is 8.52. The van der Waals surface area contributed by atoms with Crippen molar-refractivity contribution in [3.8, 4) is 0 Å². The molecule has 0 unspecified atom stereocenters. The summed E-state index contributed by atoms with van der Waals surface area (Å²) in [5, 5.41) is 4.97. The minimum Gasteiger partial charge on any atom is -0.383 e. The zero-order chi connectivity index (χ0) is 13.3. The summed E-state index contributed by atoms with van der Waals surface area (Å²) in [4.78, 5) is 11.2. The highest BCUT2D eigenvalue weighted by atomic mass is 15.3. The second-order valence-corrected chi connectivity index (χ2v) is 4.69. The minimum atomic E-state index is 0.460. The third-order valence-corrected chi connectivity index (χ3v) is 3.15. The zero-order valence-electron chi connectivity index (χ0n) is 11.4. The Labute approximate surface area is 107 Å². The van der Waals surface area contributed by atoms with Crippen molar-refractivity contribution in [1.82, 2.24) is 24.6 Å². The highest BCUT2D eigenvalue weighted by Crippen LogP contribution is 2.17. The predicted octanol–water partition coefficient (Wildman–Crippen LogP) is 1.18. The molecule has 0 bridgehead atoms. The standard InChI is InChI=1S/C12H20N6/c1-5-18(8(2)3)7-10-15-11(13)9-6-14-17(4)12(9)16-10/h6,8H,5,7H2,1-4H3,(H2,13,15,16). The van der Waals surface area contributed by atoms with E-state index < -0.39 is 0 Å². The van der Waals surface area contributed by atoms with E-state index in [1.165, 1.54) is 0 Å². The van der Waals surface area contributed by atoms with Gasteiger partial charge in [-0.3, -0.25) is 9.58 Å². The van der Waals surface area contributed by atoms with E-state index in [0.29, 0.717) is 18.4 Å². The largest absolute Gasteiger partial charge is 0.383 e. The van der Waals surface area contributed by atoms with Crippen LogP contribution in [0.15, 0.2) is 6.20 Å². The van der Waals surface area contributed by atoms with E-state index in [1.807, 2.05) is 7.05 Å². The van der Waals surface area contributed by atoms with Crippen LogP contribution in [0.2, 0.25) is 0 Å². The van der Waals surface area contributed by atoms with Gasteiger partial charge < -0.3 is 5.73 Å². The number of nitrogen functional groups attached to an aromatic ring is 1. The monoisotopic (exact) mass is 248 g/mol. The van der Waals surface area contributed by atoms with Gasteiger partial charge >= 0.3 is 0 Å². The number of aryl methyl sites for hydroxylation is 1. The number of hydrogen-bond acceptors (Lipinski definition) is 5. The van der Waals surface area contributed by atoms with Gasteiger partial charge in [-0.1, -0.05) is 6.92 Å². The summed E-state index contributed by atoms with van der Waals surface area (Å²) in [6.07, 6.45) is 1.70. The fourth-order valence-electron chi connectivity index (χ4n) is 2.00. The number of rotatable bonds is 4. The molecule has 2 heterocycles. The van der Waals surface area contributed by atoms with Gasteiger partial charge in [0, 0.05) is 13.1 Å². The van der Waals surface area contributed by atoms with Crippen molar-refractivity contribution in [2.24, 2.45) is 7.05 Å². The van der Waals surface area contributed by atoms with Gasteiger partial charge in [0.05, 0.1) is 18.1 Å². The summed E-state index contributed by atoms with van der Waals surface area (Å²) in [7, 11) is 1.86. The van der Waals surface area contributed by atoms with E-state index in [2.05, 4.69) is 40.7 Å². The molecule has 0 aliphatic rings. The normalized spacial score (nSPS) is 11.9. The fraction of sp³-hybridized carbons (Fsp3) is 0.583. The molecule has 98 valence electrons. The molecule has 0 saturated heterocycles. The van der Waals surface area contributed by atoms with Crippen molar-refractivity contribution >= 4 is 16.9 Å². The van der Waals surface area contributed by atoms with Crippen LogP contribution in [0.5, 0.6) is 0 Å². The summed E-state index contributed by atoms with van der Waals surface area (Å²) >= 11 is 0. The number of nitrogens with two attached hydrogens (primary N) is 1. The molecular formula is C12H20N6. The maximum Gasteiger partial charge on any atom is 0.163 e. The van der Waals surface area contributed by atoms with Gasteiger partial charge in [-0.2, -0.15) is 5.10 Å². The molecule has 6 nitrogen and oxygen atoms in total. The van der Waals surface area contributed by atoms with Gasteiger partial charge in [0.1, 0.15) is 11.6 Å². The molecule has 0 saturated carbocycles. The molecule has 0 aliphatic heterocycles. The molecule has 2 aromatic heterocycles.